The minimum atomic E-state index is -2.50. The number of nitrogens with zero attached hydrogens (tertiary/aromatic N) is 4. The minimum Gasteiger partial charge on any atom is -0.384 e. The van der Waals surface area contributed by atoms with Crippen LogP contribution < -0.4 is 0 Å². The highest BCUT2D eigenvalue weighted by Crippen LogP contribution is 2.27. The van der Waals surface area contributed by atoms with Crippen molar-refractivity contribution < 1.29 is 13.9 Å². The molecule has 1 aliphatic rings. The maximum absolute atomic E-state index is 13.0. The fourth-order valence-electron chi connectivity index (χ4n) is 2.18. The van der Waals surface area contributed by atoms with E-state index in [0.717, 1.165) is 0 Å². The lowest BCUT2D eigenvalue weighted by atomic mass is 10.0. The molecule has 1 fully saturated rings. The second kappa shape index (κ2) is 5.73. The molecule has 1 aromatic rings. The highest BCUT2D eigenvalue weighted by molar-refractivity contribution is 5.04. The van der Waals surface area contributed by atoms with Crippen LogP contribution in [0.3, 0.4) is 0 Å². The molecule has 0 spiro atoms. The van der Waals surface area contributed by atoms with Crippen molar-refractivity contribution in [3.8, 4) is 0 Å². The first-order chi connectivity index (χ1) is 9.32. The van der Waals surface area contributed by atoms with Gasteiger partial charge in [-0.3, -0.25) is 4.68 Å². The number of piperidine rings is 1. The zero-order chi connectivity index (χ0) is 14.8. The van der Waals surface area contributed by atoms with E-state index in [1.807, 2.05) is 11.8 Å². The Balaban J connectivity index is 1.83. The summed E-state index contributed by atoms with van der Waals surface area (Å²) in [6.45, 7) is 5.69. The predicted octanol–water partition coefficient (Wildman–Crippen LogP) is 1.63. The summed E-state index contributed by atoms with van der Waals surface area (Å²) < 4.78 is 27.7. The van der Waals surface area contributed by atoms with Gasteiger partial charge in [-0.1, -0.05) is 12.1 Å². The van der Waals surface area contributed by atoms with Gasteiger partial charge in [0.1, 0.15) is 11.3 Å². The first-order valence-corrected chi connectivity index (χ1v) is 7.05. The normalized spacial score (nSPS) is 22.6. The fourth-order valence-corrected chi connectivity index (χ4v) is 2.18. The molecule has 1 aliphatic heterocycles. The van der Waals surface area contributed by atoms with Gasteiger partial charge in [-0.15, -0.1) is 5.10 Å². The molecule has 7 heteroatoms. The quantitative estimate of drug-likeness (QED) is 0.894. The molecule has 0 aliphatic carbocycles. The molecule has 1 saturated heterocycles. The van der Waals surface area contributed by atoms with Crippen LogP contribution in [0.2, 0.25) is 0 Å². The van der Waals surface area contributed by atoms with Gasteiger partial charge in [-0.25, -0.2) is 8.78 Å². The Morgan fingerprint density at radius 2 is 2.00 bits per heavy atom. The van der Waals surface area contributed by atoms with Crippen LogP contribution in [0.5, 0.6) is 0 Å². The second-order valence-corrected chi connectivity index (χ2v) is 5.69. The summed E-state index contributed by atoms with van der Waals surface area (Å²) >= 11 is 0. The molecule has 0 aromatic carbocycles. The molecule has 5 nitrogen and oxygen atoms in total. The average molecular weight is 288 g/mol. The van der Waals surface area contributed by atoms with Crippen LogP contribution in [0.25, 0.3) is 0 Å². The standard InChI is InChI=1S/C13H22F2N4O/c1-3-12(2,20)11-10-19(17-16-11)9-8-18-6-4-13(14,15)5-7-18/h10,20H,3-9H2,1-2H3. The molecule has 1 aromatic heterocycles. The minimum absolute atomic E-state index is 0.0693. The highest BCUT2D eigenvalue weighted by atomic mass is 19.3. The largest absolute Gasteiger partial charge is 0.384 e. The van der Waals surface area contributed by atoms with Gasteiger partial charge in [-0.2, -0.15) is 0 Å². The Labute approximate surface area is 117 Å². The van der Waals surface area contributed by atoms with Crippen LogP contribution in [-0.4, -0.2) is 50.6 Å². The van der Waals surface area contributed by atoms with E-state index in [1.54, 1.807) is 17.8 Å². The average Bonchev–Trinajstić information content (AvgIpc) is 2.87. The zero-order valence-electron chi connectivity index (χ0n) is 12.0. The van der Waals surface area contributed by atoms with Crippen LogP contribution in [0.1, 0.15) is 38.8 Å². The third-order valence-corrected chi connectivity index (χ3v) is 4.01. The van der Waals surface area contributed by atoms with Gasteiger partial charge in [-0.05, 0) is 13.3 Å². The van der Waals surface area contributed by atoms with Gasteiger partial charge in [0, 0.05) is 32.5 Å². The van der Waals surface area contributed by atoms with E-state index in [4.69, 9.17) is 0 Å². The first kappa shape index (κ1) is 15.3. The molecular weight excluding hydrogens is 266 g/mol. The molecule has 0 radical (unpaired) electrons. The monoisotopic (exact) mass is 288 g/mol. The summed E-state index contributed by atoms with van der Waals surface area (Å²) in [6, 6.07) is 0. The maximum Gasteiger partial charge on any atom is 0.250 e. The lowest BCUT2D eigenvalue weighted by Gasteiger charge is -2.31. The van der Waals surface area contributed by atoms with Crippen molar-refractivity contribution in [2.24, 2.45) is 0 Å². The Bertz CT molecular complexity index is 437. The molecule has 0 saturated carbocycles. The molecule has 20 heavy (non-hydrogen) atoms. The van der Waals surface area contributed by atoms with Crippen LogP contribution in [-0.2, 0) is 12.1 Å². The van der Waals surface area contributed by atoms with Gasteiger partial charge in [0.25, 0.3) is 5.92 Å². The van der Waals surface area contributed by atoms with Gasteiger partial charge in [0.05, 0.1) is 12.7 Å². The Morgan fingerprint density at radius 1 is 1.35 bits per heavy atom. The van der Waals surface area contributed by atoms with E-state index in [2.05, 4.69) is 10.3 Å². The Morgan fingerprint density at radius 3 is 2.60 bits per heavy atom. The summed E-state index contributed by atoms with van der Waals surface area (Å²) in [5.74, 6) is -2.50. The number of aromatic nitrogens is 3. The van der Waals surface area contributed by atoms with E-state index in [-0.39, 0.29) is 12.8 Å². The number of hydrogen-bond donors (Lipinski definition) is 1. The third-order valence-electron chi connectivity index (χ3n) is 4.01. The lowest BCUT2D eigenvalue weighted by Crippen LogP contribution is -2.40. The molecular formula is C13H22F2N4O. The highest BCUT2D eigenvalue weighted by Gasteiger charge is 2.33. The molecule has 0 bridgehead atoms. The van der Waals surface area contributed by atoms with E-state index in [9.17, 15) is 13.9 Å². The maximum atomic E-state index is 13.0. The smallest absolute Gasteiger partial charge is 0.250 e. The van der Waals surface area contributed by atoms with E-state index < -0.39 is 11.5 Å². The number of aliphatic hydroxyl groups is 1. The molecule has 1 unspecified atom stereocenters. The molecule has 114 valence electrons. The van der Waals surface area contributed by atoms with E-state index in [1.165, 1.54) is 0 Å². The summed E-state index contributed by atoms with van der Waals surface area (Å²) in [5.41, 5.74) is -0.420. The summed E-state index contributed by atoms with van der Waals surface area (Å²) in [5, 5.41) is 18.0. The van der Waals surface area contributed by atoms with Gasteiger partial charge < -0.3 is 10.0 Å². The number of hydrogen-bond acceptors (Lipinski definition) is 4. The van der Waals surface area contributed by atoms with Crippen LogP contribution in [0.15, 0.2) is 6.20 Å². The molecule has 0 amide bonds. The van der Waals surface area contributed by atoms with Gasteiger partial charge in [0.15, 0.2) is 0 Å². The van der Waals surface area contributed by atoms with Crippen molar-refractivity contribution in [1.82, 2.24) is 19.9 Å². The van der Waals surface area contributed by atoms with E-state index >= 15 is 0 Å². The first-order valence-electron chi connectivity index (χ1n) is 7.05. The predicted molar refractivity (Wildman–Crippen MR) is 70.5 cm³/mol. The van der Waals surface area contributed by atoms with Crippen LogP contribution in [0, 0.1) is 0 Å². The summed E-state index contributed by atoms with van der Waals surface area (Å²) in [7, 11) is 0. The second-order valence-electron chi connectivity index (χ2n) is 5.69. The summed E-state index contributed by atoms with van der Waals surface area (Å²) in [4.78, 5) is 2.01. The SMILES string of the molecule is CCC(C)(O)c1cn(CCN2CCC(F)(F)CC2)nn1. The van der Waals surface area contributed by atoms with Crippen molar-refractivity contribution in [2.75, 3.05) is 19.6 Å². The molecule has 2 heterocycles. The Kier molecular flexibility index (Phi) is 4.39. The lowest BCUT2D eigenvalue weighted by molar-refractivity contribution is -0.0555. The van der Waals surface area contributed by atoms with Gasteiger partial charge in [0.2, 0.25) is 0 Å². The van der Waals surface area contributed by atoms with Crippen molar-refractivity contribution in [3.05, 3.63) is 11.9 Å². The number of likely N-dealkylation sites (tertiary alicyclic amines) is 1. The number of halogens is 2. The Hall–Kier alpha value is -1.08. The fraction of sp³-hybridized carbons (Fsp3) is 0.846. The molecule has 1 atom stereocenters. The van der Waals surface area contributed by atoms with Crippen molar-refractivity contribution in [1.29, 1.82) is 0 Å². The number of alkyl halides is 2. The topological polar surface area (TPSA) is 54.2 Å². The molecule has 2 rings (SSSR count). The van der Waals surface area contributed by atoms with Crippen LogP contribution >= 0.6 is 0 Å². The van der Waals surface area contributed by atoms with E-state index in [0.29, 0.717) is 38.3 Å². The third kappa shape index (κ3) is 3.73. The zero-order valence-corrected chi connectivity index (χ0v) is 12.0. The van der Waals surface area contributed by atoms with Crippen LogP contribution in [0.4, 0.5) is 8.78 Å². The molecule has 1 N–H and O–H groups in total. The number of rotatable bonds is 5. The van der Waals surface area contributed by atoms with Gasteiger partial charge >= 0.3 is 0 Å². The summed E-state index contributed by atoms with van der Waals surface area (Å²) in [6.07, 6.45) is 2.15. The van der Waals surface area contributed by atoms with Crippen molar-refractivity contribution in [2.45, 2.75) is 51.2 Å². The van der Waals surface area contributed by atoms with Crippen molar-refractivity contribution in [3.63, 3.8) is 0 Å². The van der Waals surface area contributed by atoms with Crippen molar-refractivity contribution >= 4 is 0 Å².